The van der Waals surface area contributed by atoms with Crippen molar-refractivity contribution in [1.29, 1.82) is 0 Å². The first-order chi connectivity index (χ1) is 5.68. The molecule has 0 bridgehead atoms. The largest absolute Gasteiger partial charge is 0.354 e. The van der Waals surface area contributed by atoms with Crippen LogP contribution in [0.1, 0.15) is 6.42 Å². The van der Waals surface area contributed by atoms with E-state index in [1.54, 1.807) is 4.90 Å². The van der Waals surface area contributed by atoms with Crippen molar-refractivity contribution in [3.05, 3.63) is 0 Å². The summed E-state index contributed by atoms with van der Waals surface area (Å²) in [5.74, 6) is -0.00947. The van der Waals surface area contributed by atoms with Crippen LogP contribution in [0.2, 0.25) is 0 Å². The molecule has 5 nitrogen and oxygen atoms in total. The number of hydrogen-bond acceptors (Lipinski definition) is 3. The number of β-lactam (4-membered cyclic amide) rings is 1. The number of hydrogen-bond donors (Lipinski definition) is 2. The average molecular weight is 169 g/mol. The molecule has 12 heavy (non-hydrogen) atoms. The van der Waals surface area contributed by atoms with Gasteiger partial charge in [-0.15, -0.1) is 0 Å². The number of nitrogens with one attached hydrogen (secondary N) is 1. The van der Waals surface area contributed by atoms with Gasteiger partial charge in [0.2, 0.25) is 11.8 Å². The van der Waals surface area contributed by atoms with Crippen molar-refractivity contribution in [2.45, 2.75) is 18.5 Å². The fourth-order valence-electron chi connectivity index (χ4n) is 1.62. The van der Waals surface area contributed by atoms with Gasteiger partial charge in [-0.05, 0) is 0 Å². The maximum atomic E-state index is 11.1. The summed E-state index contributed by atoms with van der Waals surface area (Å²) in [6.45, 7) is 1.18. The molecule has 0 spiro atoms. The molecule has 0 aromatic heterocycles. The minimum atomic E-state index is -0.333. The number of amides is 2. The van der Waals surface area contributed by atoms with Gasteiger partial charge in [0.05, 0.1) is 6.04 Å². The van der Waals surface area contributed by atoms with Crippen LogP contribution in [-0.2, 0) is 9.59 Å². The molecular weight excluding hydrogens is 158 g/mol. The highest BCUT2D eigenvalue weighted by Crippen LogP contribution is 2.17. The summed E-state index contributed by atoms with van der Waals surface area (Å²) in [6.07, 6.45) is 0.429. The molecule has 2 saturated heterocycles. The monoisotopic (exact) mass is 169 g/mol. The Morgan fingerprint density at radius 3 is 2.67 bits per heavy atom. The van der Waals surface area contributed by atoms with E-state index in [0.717, 1.165) is 0 Å². The molecule has 0 aliphatic carbocycles. The lowest BCUT2D eigenvalue weighted by Gasteiger charge is -2.39. The Labute approximate surface area is 69.9 Å². The SMILES string of the molecule is NC1CN(C2CNC(=O)C2)C1=O. The maximum Gasteiger partial charge on any atom is 0.241 e. The Morgan fingerprint density at radius 2 is 2.25 bits per heavy atom. The van der Waals surface area contributed by atoms with E-state index in [2.05, 4.69) is 5.32 Å². The van der Waals surface area contributed by atoms with Crippen LogP contribution in [0, 0.1) is 0 Å². The number of likely N-dealkylation sites (tertiary alicyclic amines) is 1. The predicted octanol–water partition coefficient (Wildman–Crippen LogP) is -1.96. The van der Waals surface area contributed by atoms with Crippen LogP contribution in [0.4, 0.5) is 0 Å². The van der Waals surface area contributed by atoms with Crippen LogP contribution >= 0.6 is 0 Å². The molecule has 0 aromatic rings. The molecule has 2 unspecified atom stereocenters. The summed E-state index contributed by atoms with van der Waals surface area (Å²) in [4.78, 5) is 23.6. The Morgan fingerprint density at radius 1 is 1.50 bits per heavy atom. The summed E-state index contributed by atoms with van der Waals surface area (Å²) >= 11 is 0. The Hall–Kier alpha value is -1.10. The molecule has 2 aliphatic rings. The van der Waals surface area contributed by atoms with Gasteiger partial charge < -0.3 is 16.0 Å². The average Bonchev–Trinajstić information content (AvgIpc) is 2.46. The van der Waals surface area contributed by atoms with Crippen LogP contribution in [-0.4, -0.2) is 41.9 Å². The third-order valence-electron chi connectivity index (χ3n) is 2.39. The first kappa shape index (κ1) is 7.54. The van der Waals surface area contributed by atoms with Gasteiger partial charge in [-0.1, -0.05) is 0 Å². The van der Waals surface area contributed by atoms with E-state index < -0.39 is 0 Å². The van der Waals surface area contributed by atoms with Gasteiger partial charge in [0.15, 0.2) is 0 Å². The molecule has 0 aromatic carbocycles. The zero-order valence-corrected chi connectivity index (χ0v) is 6.62. The van der Waals surface area contributed by atoms with Crippen LogP contribution in [0.3, 0.4) is 0 Å². The van der Waals surface area contributed by atoms with Gasteiger partial charge >= 0.3 is 0 Å². The number of carbonyl (C=O) groups excluding carboxylic acids is 2. The van der Waals surface area contributed by atoms with E-state index in [9.17, 15) is 9.59 Å². The second kappa shape index (κ2) is 2.45. The molecule has 2 rings (SSSR count). The zero-order valence-electron chi connectivity index (χ0n) is 6.62. The Kier molecular flexibility index (Phi) is 1.54. The topological polar surface area (TPSA) is 75.4 Å². The Balaban J connectivity index is 1.95. The first-order valence-electron chi connectivity index (χ1n) is 4.01. The molecule has 66 valence electrons. The lowest BCUT2D eigenvalue weighted by Crippen LogP contribution is -2.64. The lowest BCUT2D eigenvalue weighted by atomic mass is 10.0. The van der Waals surface area contributed by atoms with Crippen LogP contribution in [0.5, 0.6) is 0 Å². The van der Waals surface area contributed by atoms with Gasteiger partial charge in [-0.3, -0.25) is 9.59 Å². The van der Waals surface area contributed by atoms with Crippen molar-refractivity contribution in [3.8, 4) is 0 Å². The van der Waals surface area contributed by atoms with Gasteiger partial charge in [-0.2, -0.15) is 0 Å². The van der Waals surface area contributed by atoms with Gasteiger partial charge in [0.1, 0.15) is 6.04 Å². The van der Waals surface area contributed by atoms with Crippen LogP contribution in [0.25, 0.3) is 0 Å². The second-order valence-corrected chi connectivity index (χ2v) is 3.26. The first-order valence-corrected chi connectivity index (χ1v) is 4.01. The summed E-state index contributed by atoms with van der Waals surface area (Å²) in [5, 5.41) is 2.68. The molecule has 2 fully saturated rings. The van der Waals surface area contributed by atoms with E-state index >= 15 is 0 Å². The normalized spacial score (nSPS) is 34.9. The van der Waals surface area contributed by atoms with Gasteiger partial charge in [0, 0.05) is 19.5 Å². The third kappa shape index (κ3) is 0.972. The quantitative estimate of drug-likeness (QED) is 0.448. The van der Waals surface area contributed by atoms with E-state index in [4.69, 9.17) is 5.73 Å². The van der Waals surface area contributed by atoms with Crippen LogP contribution < -0.4 is 11.1 Å². The minimum Gasteiger partial charge on any atom is -0.354 e. The minimum absolute atomic E-state index is 0.0215. The summed E-state index contributed by atoms with van der Waals surface area (Å²) in [5.41, 5.74) is 5.42. The summed E-state index contributed by atoms with van der Waals surface area (Å²) in [6, 6.07) is -0.287. The zero-order chi connectivity index (χ0) is 8.72. The van der Waals surface area contributed by atoms with E-state index in [-0.39, 0.29) is 23.9 Å². The highest BCUT2D eigenvalue weighted by atomic mass is 16.2. The van der Waals surface area contributed by atoms with Crippen LogP contribution in [0.15, 0.2) is 0 Å². The summed E-state index contributed by atoms with van der Waals surface area (Å²) < 4.78 is 0. The van der Waals surface area contributed by atoms with Crippen molar-refractivity contribution in [2.75, 3.05) is 13.1 Å². The fraction of sp³-hybridized carbons (Fsp3) is 0.714. The predicted molar refractivity (Wildman–Crippen MR) is 41.1 cm³/mol. The van der Waals surface area contributed by atoms with Crippen molar-refractivity contribution in [3.63, 3.8) is 0 Å². The highest BCUT2D eigenvalue weighted by Gasteiger charge is 2.40. The van der Waals surface area contributed by atoms with Gasteiger partial charge in [0.25, 0.3) is 0 Å². The number of nitrogens with two attached hydrogens (primary N) is 1. The lowest BCUT2D eigenvalue weighted by molar-refractivity contribution is -0.145. The molecule has 2 atom stereocenters. The highest BCUT2D eigenvalue weighted by molar-refractivity contribution is 5.89. The van der Waals surface area contributed by atoms with E-state index in [1.807, 2.05) is 0 Å². The molecule has 2 heterocycles. The number of rotatable bonds is 1. The molecule has 2 amide bonds. The molecule has 0 saturated carbocycles. The maximum absolute atomic E-state index is 11.1. The molecule has 3 N–H and O–H groups in total. The standard InChI is InChI=1S/C7H11N3O2/c8-5-3-10(7(5)12)4-1-6(11)9-2-4/h4-5H,1-3,8H2,(H,9,11). The van der Waals surface area contributed by atoms with E-state index in [0.29, 0.717) is 19.5 Å². The third-order valence-corrected chi connectivity index (χ3v) is 2.39. The Bertz CT molecular complexity index is 241. The smallest absolute Gasteiger partial charge is 0.241 e. The molecule has 0 radical (unpaired) electrons. The second-order valence-electron chi connectivity index (χ2n) is 3.26. The fourth-order valence-corrected chi connectivity index (χ4v) is 1.62. The van der Waals surface area contributed by atoms with Crippen molar-refractivity contribution < 1.29 is 9.59 Å². The number of nitrogens with zero attached hydrogens (tertiary/aromatic N) is 1. The molecule has 2 aliphatic heterocycles. The summed E-state index contributed by atoms with van der Waals surface area (Å²) in [7, 11) is 0. The number of carbonyl (C=O) groups is 2. The van der Waals surface area contributed by atoms with Crippen molar-refractivity contribution >= 4 is 11.8 Å². The van der Waals surface area contributed by atoms with Gasteiger partial charge in [-0.25, -0.2) is 0 Å². The molecule has 5 heteroatoms. The molecular formula is C7H11N3O2. The van der Waals surface area contributed by atoms with E-state index in [1.165, 1.54) is 0 Å². The van der Waals surface area contributed by atoms with Crippen molar-refractivity contribution in [1.82, 2.24) is 10.2 Å². The van der Waals surface area contributed by atoms with Crippen molar-refractivity contribution in [2.24, 2.45) is 5.73 Å².